The Morgan fingerprint density at radius 1 is 0.333 bits per heavy atom. The van der Waals surface area contributed by atoms with Crippen molar-refractivity contribution in [3.63, 3.8) is 0 Å². The van der Waals surface area contributed by atoms with Crippen LogP contribution in [0.25, 0.3) is 0 Å². The SMILES string of the molecule is CCCCCCC/C=C\C/C=C\CCCCCCCCCCCCCCCCCCCC(=O)NC(CO)C(O)/C=C/CC/C=C/CC/C=C/CCCCCCCCCCCCCCCCCCCCCCC. The van der Waals surface area contributed by atoms with E-state index in [1.807, 2.05) is 6.08 Å². The van der Waals surface area contributed by atoms with Gasteiger partial charge in [0.15, 0.2) is 0 Å². The fourth-order valence-electron chi connectivity index (χ4n) is 10.0. The summed E-state index contributed by atoms with van der Waals surface area (Å²) in [7, 11) is 0. The highest BCUT2D eigenvalue weighted by Gasteiger charge is 2.18. The van der Waals surface area contributed by atoms with Crippen molar-refractivity contribution in [3.05, 3.63) is 60.8 Å². The van der Waals surface area contributed by atoms with Crippen molar-refractivity contribution in [2.24, 2.45) is 0 Å². The maximum atomic E-state index is 12.5. The molecule has 72 heavy (non-hydrogen) atoms. The van der Waals surface area contributed by atoms with E-state index in [0.29, 0.717) is 6.42 Å². The minimum atomic E-state index is -0.873. The number of nitrogens with one attached hydrogen (secondary N) is 1. The summed E-state index contributed by atoms with van der Waals surface area (Å²) in [5.74, 6) is -0.0738. The van der Waals surface area contributed by atoms with Crippen LogP contribution in [0.1, 0.15) is 348 Å². The highest BCUT2D eigenvalue weighted by atomic mass is 16.3. The molecule has 0 aliphatic carbocycles. The second kappa shape index (κ2) is 63.4. The normalized spacial score (nSPS) is 13.1. The number of allylic oxidation sites excluding steroid dienone is 9. The average molecular weight is 1010 g/mol. The molecule has 0 aromatic carbocycles. The van der Waals surface area contributed by atoms with E-state index in [1.165, 1.54) is 283 Å². The maximum Gasteiger partial charge on any atom is 0.220 e. The largest absolute Gasteiger partial charge is 0.394 e. The summed E-state index contributed by atoms with van der Waals surface area (Å²) in [5.41, 5.74) is 0. The van der Waals surface area contributed by atoms with Crippen LogP contribution in [0.3, 0.4) is 0 Å². The van der Waals surface area contributed by atoms with Crippen LogP contribution in [0.15, 0.2) is 60.8 Å². The first-order valence-corrected chi connectivity index (χ1v) is 32.5. The van der Waals surface area contributed by atoms with Crippen LogP contribution in [0.2, 0.25) is 0 Å². The van der Waals surface area contributed by atoms with Crippen molar-refractivity contribution in [1.29, 1.82) is 0 Å². The predicted octanol–water partition coefficient (Wildman–Crippen LogP) is 21.9. The van der Waals surface area contributed by atoms with Crippen LogP contribution < -0.4 is 5.32 Å². The summed E-state index contributed by atoms with van der Waals surface area (Å²) in [6.07, 6.45) is 90.0. The number of hydrogen-bond donors (Lipinski definition) is 3. The standard InChI is InChI=1S/C68H127NO3/c1-3-5-7-9-11-13-15-17-19-21-23-25-27-29-31-33-34-36-37-39-41-43-45-47-49-51-53-55-57-59-61-63-67(71)66(65-70)69-68(72)64-62-60-58-56-54-52-50-48-46-44-42-40-38-35-32-30-28-26-24-22-20-18-16-14-12-10-8-6-4-2/h16,18,22,24,45,47,53,55,61,63,66-67,70-71H,3-15,17,19-21,23,25-44,46,48-52,54,56-60,62,64-65H2,1-2H3,(H,69,72)/b18-16-,24-22-,47-45+,55-53+,63-61+. The monoisotopic (exact) mass is 1010 g/mol. The van der Waals surface area contributed by atoms with Gasteiger partial charge < -0.3 is 15.5 Å². The number of aliphatic hydroxyl groups excluding tert-OH is 2. The molecule has 2 atom stereocenters. The van der Waals surface area contributed by atoms with Gasteiger partial charge >= 0.3 is 0 Å². The van der Waals surface area contributed by atoms with Gasteiger partial charge in [0.1, 0.15) is 0 Å². The smallest absolute Gasteiger partial charge is 0.220 e. The number of hydrogen-bond acceptors (Lipinski definition) is 3. The molecular formula is C68H127NO3. The minimum absolute atomic E-state index is 0.0738. The van der Waals surface area contributed by atoms with Crippen molar-refractivity contribution < 1.29 is 15.0 Å². The zero-order valence-corrected chi connectivity index (χ0v) is 48.7. The van der Waals surface area contributed by atoms with E-state index in [0.717, 1.165) is 44.9 Å². The number of unbranched alkanes of at least 4 members (excludes halogenated alkanes) is 45. The van der Waals surface area contributed by atoms with E-state index < -0.39 is 12.1 Å². The summed E-state index contributed by atoms with van der Waals surface area (Å²) in [6, 6.07) is -0.648. The Morgan fingerprint density at radius 2 is 0.583 bits per heavy atom. The number of aliphatic hydroxyl groups is 2. The number of amides is 1. The van der Waals surface area contributed by atoms with Gasteiger partial charge in [0, 0.05) is 6.42 Å². The van der Waals surface area contributed by atoms with Crippen LogP contribution in [-0.4, -0.2) is 34.9 Å². The average Bonchev–Trinajstić information content (AvgIpc) is 3.39. The van der Waals surface area contributed by atoms with Crippen LogP contribution in [0, 0.1) is 0 Å². The first kappa shape index (κ1) is 70.1. The molecule has 0 bridgehead atoms. The van der Waals surface area contributed by atoms with Crippen LogP contribution >= 0.6 is 0 Å². The third-order valence-electron chi connectivity index (χ3n) is 15.0. The lowest BCUT2D eigenvalue weighted by molar-refractivity contribution is -0.123. The zero-order chi connectivity index (χ0) is 52.0. The summed E-state index contributed by atoms with van der Waals surface area (Å²) >= 11 is 0. The van der Waals surface area contributed by atoms with Gasteiger partial charge in [-0.25, -0.2) is 0 Å². The molecule has 0 saturated heterocycles. The van der Waals surface area contributed by atoms with E-state index in [1.54, 1.807) is 6.08 Å². The van der Waals surface area contributed by atoms with Crippen LogP contribution in [0.5, 0.6) is 0 Å². The molecule has 422 valence electrons. The molecular weight excluding hydrogens is 879 g/mol. The Labute approximate surface area is 451 Å². The van der Waals surface area contributed by atoms with Gasteiger partial charge in [-0.05, 0) is 77.0 Å². The summed E-state index contributed by atoms with van der Waals surface area (Å²) in [5, 5.41) is 23.2. The number of carbonyl (C=O) groups is 1. The molecule has 4 heteroatoms. The molecule has 0 rings (SSSR count). The zero-order valence-electron chi connectivity index (χ0n) is 48.7. The Balaban J connectivity index is 3.51. The molecule has 0 aliphatic rings. The summed E-state index contributed by atoms with van der Waals surface area (Å²) in [4.78, 5) is 12.5. The van der Waals surface area contributed by atoms with E-state index in [4.69, 9.17) is 0 Å². The molecule has 0 aromatic heterocycles. The fourth-order valence-corrected chi connectivity index (χ4v) is 10.0. The highest BCUT2D eigenvalue weighted by Crippen LogP contribution is 2.18. The molecule has 0 fully saturated rings. The van der Waals surface area contributed by atoms with Gasteiger partial charge in [0.05, 0.1) is 18.8 Å². The Bertz CT molecular complexity index is 1190. The second-order valence-corrected chi connectivity index (χ2v) is 22.2. The molecule has 0 saturated carbocycles. The summed E-state index contributed by atoms with van der Waals surface area (Å²) in [6.45, 7) is 4.32. The maximum absolute atomic E-state index is 12.5. The Kier molecular flexibility index (Phi) is 61.7. The minimum Gasteiger partial charge on any atom is -0.394 e. The van der Waals surface area contributed by atoms with Gasteiger partial charge in [-0.2, -0.15) is 0 Å². The van der Waals surface area contributed by atoms with Crippen molar-refractivity contribution in [1.82, 2.24) is 5.32 Å². The molecule has 3 N–H and O–H groups in total. The lowest BCUT2D eigenvalue weighted by Gasteiger charge is -2.19. The van der Waals surface area contributed by atoms with E-state index >= 15 is 0 Å². The molecule has 2 unspecified atom stereocenters. The van der Waals surface area contributed by atoms with Gasteiger partial charge in [0.25, 0.3) is 0 Å². The van der Waals surface area contributed by atoms with Crippen molar-refractivity contribution in [2.75, 3.05) is 6.61 Å². The van der Waals surface area contributed by atoms with Gasteiger partial charge in [-0.3, -0.25) is 4.79 Å². The van der Waals surface area contributed by atoms with Crippen LogP contribution in [0.4, 0.5) is 0 Å². The second-order valence-electron chi connectivity index (χ2n) is 22.2. The van der Waals surface area contributed by atoms with Gasteiger partial charge in [-0.1, -0.05) is 325 Å². The molecule has 0 spiro atoms. The first-order chi connectivity index (χ1) is 35.7. The van der Waals surface area contributed by atoms with Crippen molar-refractivity contribution in [2.45, 2.75) is 360 Å². The summed E-state index contributed by atoms with van der Waals surface area (Å²) < 4.78 is 0. The third-order valence-corrected chi connectivity index (χ3v) is 15.0. The first-order valence-electron chi connectivity index (χ1n) is 32.5. The topological polar surface area (TPSA) is 69.6 Å². The highest BCUT2D eigenvalue weighted by molar-refractivity contribution is 5.76. The Morgan fingerprint density at radius 3 is 0.889 bits per heavy atom. The predicted molar refractivity (Wildman–Crippen MR) is 322 cm³/mol. The molecule has 0 radical (unpaired) electrons. The lowest BCUT2D eigenvalue weighted by atomic mass is 10.0. The third kappa shape index (κ3) is 59.0. The molecule has 0 aliphatic heterocycles. The Hall–Kier alpha value is -1.91. The van der Waals surface area contributed by atoms with Crippen molar-refractivity contribution >= 4 is 5.91 Å². The van der Waals surface area contributed by atoms with Crippen LogP contribution in [-0.2, 0) is 4.79 Å². The van der Waals surface area contributed by atoms with E-state index in [-0.39, 0.29) is 12.5 Å². The van der Waals surface area contributed by atoms with Gasteiger partial charge in [0.2, 0.25) is 5.91 Å². The fraction of sp³-hybridized carbons (Fsp3) is 0.838. The number of rotatable bonds is 60. The quantitative estimate of drug-likeness (QED) is 0.0420. The van der Waals surface area contributed by atoms with Gasteiger partial charge in [-0.15, -0.1) is 0 Å². The molecule has 0 aromatic rings. The number of carbonyl (C=O) groups excluding carboxylic acids is 1. The molecule has 0 heterocycles. The lowest BCUT2D eigenvalue weighted by Crippen LogP contribution is -2.45. The van der Waals surface area contributed by atoms with Crippen molar-refractivity contribution in [3.8, 4) is 0 Å². The van der Waals surface area contributed by atoms with E-state index in [2.05, 4.69) is 67.8 Å². The van der Waals surface area contributed by atoms with E-state index in [9.17, 15) is 15.0 Å². The molecule has 1 amide bonds. The molecule has 4 nitrogen and oxygen atoms in total.